The Hall–Kier alpha value is -0.610. The molecule has 0 bridgehead atoms. The minimum absolute atomic E-state index is 0.222. The van der Waals surface area contributed by atoms with Crippen LogP contribution in [-0.4, -0.2) is 58.6 Å². The van der Waals surface area contributed by atoms with Crippen LogP contribution in [0.4, 0.5) is 0 Å². The van der Waals surface area contributed by atoms with Gasteiger partial charge in [0.05, 0.1) is 12.6 Å². The van der Waals surface area contributed by atoms with Crippen LogP contribution >= 0.6 is 0 Å². The lowest BCUT2D eigenvalue weighted by Gasteiger charge is -2.36. The second-order valence-corrected chi connectivity index (χ2v) is 6.34. The van der Waals surface area contributed by atoms with Gasteiger partial charge in [-0.1, -0.05) is 0 Å². The third kappa shape index (κ3) is 4.77. The van der Waals surface area contributed by atoms with Gasteiger partial charge in [0, 0.05) is 12.1 Å². The Bertz CT molecular complexity index is 274. The summed E-state index contributed by atoms with van der Waals surface area (Å²) in [6, 6.07) is 0.505. The van der Waals surface area contributed by atoms with E-state index < -0.39 is 0 Å². The number of carbonyl (C=O) groups is 1. The van der Waals surface area contributed by atoms with Crippen LogP contribution in [0.5, 0.6) is 0 Å². The minimum Gasteiger partial charge on any atom is -0.393 e. The summed E-state index contributed by atoms with van der Waals surface area (Å²) in [5.41, 5.74) is 0. The summed E-state index contributed by atoms with van der Waals surface area (Å²) in [6.07, 6.45) is 1.77. The first-order chi connectivity index (χ1) is 8.82. The van der Waals surface area contributed by atoms with Gasteiger partial charge in [-0.25, -0.2) is 0 Å². The van der Waals surface area contributed by atoms with Gasteiger partial charge in [-0.15, -0.1) is 0 Å². The van der Waals surface area contributed by atoms with Crippen LogP contribution in [0.15, 0.2) is 0 Å². The molecule has 0 aliphatic carbocycles. The van der Waals surface area contributed by atoms with Gasteiger partial charge < -0.3 is 10.0 Å². The molecule has 1 heterocycles. The molecule has 1 aliphatic heterocycles. The lowest BCUT2D eigenvalue weighted by Crippen LogP contribution is -2.49. The quantitative estimate of drug-likeness (QED) is 0.827. The topological polar surface area (TPSA) is 43.8 Å². The van der Waals surface area contributed by atoms with Crippen molar-refractivity contribution in [3.63, 3.8) is 0 Å². The SMILES string of the molecule is CC(O)C1CCN(CC(=O)N(C(C)C)C(C)C)CC1. The molecule has 1 saturated heterocycles. The van der Waals surface area contributed by atoms with Crippen molar-refractivity contribution in [1.29, 1.82) is 0 Å². The fraction of sp³-hybridized carbons (Fsp3) is 0.933. The number of piperidine rings is 1. The van der Waals surface area contributed by atoms with E-state index in [9.17, 15) is 9.90 Å². The Morgan fingerprint density at radius 3 is 2.00 bits per heavy atom. The number of nitrogens with zero attached hydrogens (tertiary/aromatic N) is 2. The zero-order valence-electron chi connectivity index (χ0n) is 13.1. The predicted molar refractivity (Wildman–Crippen MR) is 78.0 cm³/mol. The van der Waals surface area contributed by atoms with Gasteiger partial charge in [-0.05, 0) is 66.5 Å². The van der Waals surface area contributed by atoms with E-state index in [1.165, 1.54) is 0 Å². The Morgan fingerprint density at radius 2 is 1.63 bits per heavy atom. The van der Waals surface area contributed by atoms with E-state index in [1.54, 1.807) is 0 Å². The normalized spacial score (nSPS) is 20.0. The molecule has 1 N–H and O–H groups in total. The van der Waals surface area contributed by atoms with Crippen molar-refractivity contribution in [3.05, 3.63) is 0 Å². The monoisotopic (exact) mass is 270 g/mol. The smallest absolute Gasteiger partial charge is 0.237 e. The molecule has 1 fully saturated rings. The molecule has 0 aromatic carbocycles. The highest BCUT2D eigenvalue weighted by molar-refractivity contribution is 5.78. The zero-order valence-corrected chi connectivity index (χ0v) is 13.1. The molecule has 1 aliphatic rings. The van der Waals surface area contributed by atoms with Gasteiger partial charge in [0.1, 0.15) is 0 Å². The molecule has 1 amide bonds. The number of carbonyl (C=O) groups excluding carboxylic acids is 1. The van der Waals surface area contributed by atoms with E-state index in [2.05, 4.69) is 32.6 Å². The lowest BCUT2D eigenvalue weighted by molar-refractivity contribution is -0.136. The summed E-state index contributed by atoms with van der Waals surface area (Å²) < 4.78 is 0. The standard InChI is InChI=1S/C15H30N2O2/c1-11(2)17(12(3)4)15(19)10-16-8-6-14(7-9-16)13(5)18/h11-14,18H,6-10H2,1-5H3. The predicted octanol–water partition coefficient (Wildman–Crippen LogP) is 1.72. The maximum absolute atomic E-state index is 12.3. The van der Waals surface area contributed by atoms with Gasteiger partial charge in [-0.3, -0.25) is 9.69 Å². The van der Waals surface area contributed by atoms with Crippen LogP contribution in [0.3, 0.4) is 0 Å². The molecule has 1 unspecified atom stereocenters. The van der Waals surface area contributed by atoms with Crippen molar-refractivity contribution in [3.8, 4) is 0 Å². The third-order valence-electron chi connectivity index (χ3n) is 4.07. The maximum atomic E-state index is 12.3. The summed E-state index contributed by atoms with van der Waals surface area (Å²) >= 11 is 0. The fourth-order valence-electron chi connectivity index (χ4n) is 3.04. The van der Waals surface area contributed by atoms with Crippen LogP contribution in [-0.2, 0) is 4.79 Å². The highest BCUT2D eigenvalue weighted by Gasteiger charge is 2.26. The Morgan fingerprint density at radius 1 is 1.16 bits per heavy atom. The van der Waals surface area contributed by atoms with E-state index in [0.29, 0.717) is 12.5 Å². The zero-order chi connectivity index (χ0) is 14.6. The van der Waals surface area contributed by atoms with Crippen molar-refractivity contribution in [2.24, 2.45) is 5.92 Å². The second-order valence-electron chi connectivity index (χ2n) is 6.34. The molecule has 1 atom stereocenters. The summed E-state index contributed by atoms with van der Waals surface area (Å²) in [5.74, 6) is 0.623. The van der Waals surface area contributed by atoms with Gasteiger partial charge in [0.2, 0.25) is 5.91 Å². The number of hydrogen-bond acceptors (Lipinski definition) is 3. The van der Waals surface area contributed by atoms with Gasteiger partial charge in [0.15, 0.2) is 0 Å². The molecule has 19 heavy (non-hydrogen) atoms. The number of aliphatic hydroxyl groups excluding tert-OH is 1. The van der Waals surface area contributed by atoms with Crippen LogP contribution < -0.4 is 0 Å². The van der Waals surface area contributed by atoms with Crippen LogP contribution in [0.1, 0.15) is 47.5 Å². The van der Waals surface area contributed by atoms with Crippen molar-refractivity contribution >= 4 is 5.91 Å². The van der Waals surface area contributed by atoms with E-state index in [1.807, 2.05) is 11.8 Å². The van der Waals surface area contributed by atoms with Crippen LogP contribution in [0, 0.1) is 5.92 Å². The molecular weight excluding hydrogens is 240 g/mol. The van der Waals surface area contributed by atoms with Crippen molar-refractivity contribution < 1.29 is 9.90 Å². The second kappa shape index (κ2) is 7.25. The van der Waals surface area contributed by atoms with Crippen molar-refractivity contribution in [2.75, 3.05) is 19.6 Å². The molecule has 0 spiro atoms. The number of hydrogen-bond donors (Lipinski definition) is 1. The Balaban J connectivity index is 2.45. The van der Waals surface area contributed by atoms with E-state index >= 15 is 0 Å². The van der Waals surface area contributed by atoms with Crippen LogP contribution in [0.2, 0.25) is 0 Å². The van der Waals surface area contributed by atoms with E-state index in [4.69, 9.17) is 0 Å². The summed E-state index contributed by atoms with van der Waals surface area (Å²) in [5, 5.41) is 9.59. The minimum atomic E-state index is -0.222. The van der Waals surface area contributed by atoms with Gasteiger partial charge in [-0.2, -0.15) is 0 Å². The molecule has 0 aromatic heterocycles. The van der Waals surface area contributed by atoms with E-state index in [0.717, 1.165) is 25.9 Å². The first-order valence-corrected chi connectivity index (χ1v) is 7.54. The average Bonchev–Trinajstić information content (AvgIpc) is 2.28. The first-order valence-electron chi connectivity index (χ1n) is 7.54. The molecule has 4 nitrogen and oxygen atoms in total. The average molecular weight is 270 g/mol. The molecule has 4 heteroatoms. The maximum Gasteiger partial charge on any atom is 0.237 e. The van der Waals surface area contributed by atoms with Crippen molar-refractivity contribution in [2.45, 2.75) is 65.6 Å². The highest BCUT2D eigenvalue weighted by Crippen LogP contribution is 2.20. The Kier molecular flexibility index (Phi) is 6.27. The van der Waals surface area contributed by atoms with Crippen LogP contribution in [0.25, 0.3) is 0 Å². The molecular formula is C15H30N2O2. The number of rotatable bonds is 5. The lowest BCUT2D eigenvalue weighted by atomic mass is 9.92. The van der Waals surface area contributed by atoms with Gasteiger partial charge in [0.25, 0.3) is 0 Å². The number of aliphatic hydroxyl groups is 1. The Labute approximate surface area is 117 Å². The number of amides is 1. The summed E-state index contributed by atoms with van der Waals surface area (Å²) in [4.78, 5) is 16.5. The first kappa shape index (κ1) is 16.4. The number of likely N-dealkylation sites (tertiary alicyclic amines) is 1. The van der Waals surface area contributed by atoms with Gasteiger partial charge >= 0.3 is 0 Å². The molecule has 1 rings (SSSR count). The van der Waals surface area contributed by atoms with E-state index in [-0.39, 0.29) is 24.1 Å². The van der Waals surface area contributed by atoms with Crippen molar-refractivity contribution in [1.82, 2.24) is 9.80 Å². The molecule has 0 aromatic rings. The molecule has 0 saturated carbocycles. The molecule has 0 radical (unpaired) electrons. The third-order valence-corrected chi connectivity index (χ3v) is 4.07. The highest BCUT2D eigenvalue weighted by atomic mass is 16.3. The fourth-order valence-corrected chi connectivity index (χ4v) is 3.04. The summed E-state index contributed by atoms with van der Waals surface area (Å²) in [6.45, 7) is 12.5. The molecule has 112 valence electrons. The summed E-state index contributed by atoms with van der Waals surface area (Å²) in [7, 11) is 0. The largest absolute Gasteiger partial charge is 0.393 e.